The highest BCUT2D eigenvalue weighted by atomic mass is 127. The van der Waals surface area contributed by atoms with E-state index in [9.17, 15) is 0 Å². The monoisotopic (exact) mass is 272 g/mol. The summed E-state index contributed by atoms with van der Waals surface area (Å²) in [6.07, 6.45) is 15.2. The van der Waals surface area contributed by atoms with E-state index in [1.165, 1.54) is 9.15 Å². The highest BCUT2D eigenvalue weighted by Gasteiger charge is 1.88. The molecule has 1 aliphatic carbocycles. The van der Waals surface area contributed by atoms with E-state index >= 15 is 0 Å². The first-order valence-corrected chi connectivity index (χ1v) is 5.23. The Bertz CT molecular complexity index is 254. The fourth-order valence-corrected chi connectivity index (χ4v) is 1.50. The molecule has 0 radical (unpaired) electrons. The third-order valence-corrected chi connectivity index (χ3v) is 2.58. The van der Waals surface area contributed by atoms with Crippen LogP contribution in [0.1, 0.15) is 19.8 Å². The second-order valence-corrected chi connectivity index (χ2v) is 4.24. The summed E-state index contributed by atoms with van der Waals surface area (Å²) >= 11 is 2.39. The summed E-state index contributed by atoms with van der Waals surface area (Å²) < 4.78 is 1.42. The van der Waals surface area contributed by atoms with Crippen LogP contribution in [0.15, 0.2) is 45.6 Å². The Hall–Kier alpha value is -0.310. The lowest BCUT2D eigenvalue weighted by molar-refractivity contribution is 1.04. The van der Waals surface area contributed by atoms with Gasteiger partial charge < -0.3 is 0 Å². The maximum atomic E-state index is 2.39. The summed E-state index contributed by atoms with van der Waals surface area (Å²) in [7, 11) is 0. The van der Waals surface area contributed by atoms with Gasteiger partial charge in [0.25, 0.3) is 0 Å². The van der Waals surface area contributed by atoms with Crippen LogP contribution in [0.2, 0.25) is 0 Å². The lowest BCUT2D eigenvalue weighted by atomic mass is 10.2. The number of hydrogen-bond acceptors (Lipinski definition) is 0. The Labute approximate surface area is 87.9 Å². The van der Waals surface area contributed by atoms with Crippen molar-refractivity contribution in [3.05, 3.63) is 45.6 Å². The number of halogens is 1. The van der Waals surface area contributed by atoms with Gasteiger partial charge in [-0.1, -0.05) is 42.0 Å². The van der Waals surface area contributed by atoms with Gasteiger partial charge in [0.1, 0.15) is 0 Å². The van der Waals surface area contributed by atoms with Crippen molar-refractivity contribution in [2.45, 2.75) is 19.8 Å². The molecule has 0 bridgehead atoms. The van der Waals surface area contributed by atoms with Crippen molar-refractivity contribution < 1.29 is 0 Å². The Kier molecular flexibility index (Phi) is 4.36. The first-order valence-electron chi connectivity index (χ1n) is 4.15. The van der Waals surface area contributed by atoms with Crippen molar-refractivity contribution in [2.24, 2.45) is 0 Å². The summed E-state index contributed by atoms with van der Waals surface area (Å²) in [5, 5.41) is 0. The van der Waals surface area contributed by atoms with Crippen molar-refractivity contribution in [3.63, 3.8) is 0 Å². The van der Waals surface area contributed by atoms with Gasteiger partial charge in [-0.15, -0.1) is 0 Å². The van der Waals surface area contributed by atoms with E-state index in [0.717, 1.165) is 12.8 Å². The zero-order valence-corrected chi connectivity index (χ0v) is 9.41. The van der Waals surface area contributed by atoms with Gasteiger partial charge in [0, 0.05) is 0 Å². The molecule has 0 aromatic rings. The topological polar surface area (TPSA) is 0 Å². The van der Waals surface area contributed by atoms with Crippen molar-refractivity contribution in [2.75, 3.05) is 0 Å². The van der Waals surface area contributed by atoms with E-state index in [-0.39, 0.29) is 0 Å². The molecule has 1 aliphatic rings. The molecule has 0 amide bonds. The van der Waals surface area contributed by atoms with Crippen LogP contribution in [0.25, 0.3) is 0 Å². The standard InChI is InChI=1S/C11H13I/c1-10-6-3-2-4-8-11(12)9-5-7-10/h2-3,5-7,9H,4,8H2,1H3/b3-2-,7-5?,10-6?,11-9-. The summed E-state index contributed by atoms with van der Waals surface area (Å²) in [6, 6.07) is 0. The van der Waals surface area contributed by atoms with Crippen LogP contribution >= 0.6 is 22.6 Å². The smallest absolute Gasteiger partial charge is 0.00910 e. The molecular weight excluding hydrogens is 259 g/mol. The van der Waals surface area contributed by atoms with Gasteiger partial charge in [-0.25, -0.2) is 0 Å². The van der Waals surface area contributed by atoms with Crippen molar-refractivity contribution >= 4 is 22.6 Å². The van der Waals surface area contributed by atoms with Gasteiger partial charge in [-0.2, -0.15) is 0 Å². The second-order valence-electron chi connectivity index (χ2n) is 2.85. The number of rotatable bonds is 0. The molecule has 0 fully saturated rings. The van der Waals surface area contributed by atoms with E-state index in [0.29, 0.717) is 0 Å². The minimum Gasteiger partial charge on any atom is -0.0842 e. The van der Waals surface area contributed by atoms with Crippen molar-refractivity contribution in [1.29, 1.82) is 0 Å². The van der Waals surface area contributed by atoms with Gasteiger partial charge in [0.05, 0.1) is 0 Å². The Morgan fingerprint density at radius 1 is 1.25 bits per heavy atom. The average Bonchev–Trinajstić information content (AvgIpc) is 2.04. The lowest BCUT2D eigenvalue weighted by Gasteiger charge is -1.95. The summed E-state index contributed by atoms with van der Waals surface area (Å²) in [4.78, 5) is 0. The molecule has 0 atom stereocenters. The molecule has 0 aromatic heterocycles. The van der Waals surface area contributed by atoms with Crippen LogP contribution < -0.4 is 0 Å². The highest BCUT2D eigenvalue weighted by Crippen LogP contribution is 2.15. The molecule has 0 nitrogen and oxygen atoms in total. The van der Waals surface area contributed by atoms with Crippen molar-refractivity contribution in [3.8, 4) is 0 Å². The number of allylic oxidation sites excluding steroid dienone is 8. The van der Waals surface area contributed by atoms with Crippen LogP contribution in [0, 0.1) is 0 Å². The SMILES string of the molecule is CC1=C/C=C\CC/C(I)=C/C=C1. The minimum absolute atomic E-state index is 1.15. The zero-order chi connectivity index (χ0) is 8.81. The summed E-state index contributed by atoms with van der Waals surface area (Å²) in [5.41, 5.74) is 1.30. The van der Waals surface area contributed by atoms with E-state index in [4.69, 9.17) is 0 Å². The normalized spacial score (nSPS) is 25.5. The zero-order valence-electron chi connectivity index (χ0n) is 7.26. The molecule has 0 saturated carbocycles. The Morgan fingerprint density at radius 3 is 2.92 bits per heavy atom. The van der Waals surface area contributed by atoms with Gasteiger partial charge in [-0.05, 0) is 45.9 Å². The first-order chi connectivity index (χ1) is 5.79. The fourth-order valence-electron chi connectivity index (χ4n) is 0.980. The molecule has 1 rings (SSSR count). The molecule has 0 saturated heterocycles. The Morgan fingerprint density at radius 2 is 2.08 bits per heavy atom. The fraction of sp³-hybridized carbons (Fsp3) is 0.273. The van der Waals surface area contributed by atoms with E-state index in [1.54, 1.807) is 0 Å². The van der Waals surface area contributed by atoms with Crippen LogP contribution in [-0.2, 0) is 0 Å². The number of hydrogen-bond donors (Lipinski definition) is 0. The molecule has 0 N–H and O–H groups in total. The maximum Gasteiger partial charge on any atom is -0.00910 e. The van der Waals surface area contributed by atoms with Crippen LogP contribution in [0.4, 0.5) is 0 Å². The quantitative estimate of drug-likeness (QED) is 0.581. The van der Waals surface area contributed by atoms with Crippen molar-refractivity contribution in [1.82, 2.24) is 0 Å². The molecule has 64 valence electrons. The van der Waals surface area contributed by atoms with E-state index < -0.39 is 0 Å². The molecule has 0 heterocycles. The third kappa shape index (κ3) is 3.90. The van der Waals surface area contributed by atoms with Crippen LogP contribution in [-0.4, -0.2) is 0 Å². The van der Waals surface area contributed by atoms with Gasteiger partial charge in [0.2, 0.25) is 0 Å². The molecule has 12 heavy (non-hydrogen) atoms. The highest BCUT2D eigenvalue weighted by molar-refractivity contribution is 14.1. The van der Waals surface area contributed by atoms with Gasteiger partial charge in [-0.3, -0.25) is 0 Å². The average molecular weight is 272 g/mol. The van der Waals surface area contributed by atoms with Crippen LogP contribution in [0.3, 0.4) is 0 Å². The van der Waals surface area contributed by atoms with Gasteiger partial charge in [0.15, 0.2) is 0 Å². The second kappa shape index (κ2) is 5.36. The predicted molar refractivity (Wildman–Crippen MR) is 63.4 cm³/mol. The molecule has 0 aromatic carbocycles. The first kappa shape index (κ1) is 9.78. The minimum atomic E-state index is 1.15. The molecule has 0 unspecified atom stereocenters. The van der Waals surface area contributed by atoms with E-state index in [1.807, 2.05) is 0 Å². The Balaban J connectivity index is 2.76. The largest absolute Gasteiger partial charge is 0.0842 e. The van der Waals surface area contributed by atoms with E-state index in [2.05, 4.69) is 66.0 Å². The van der Waals surface area contributed by atoms with Crippen LogP contribution in [0.5, 0.6) is 0 Å². The molecule has 0 spiro atoms. The lowest BCUT2D eigenvalue weighted by Crippen LogP contribution is -1.73. The molecule has 1 heteroatoms. The summed E-state index contributed by atoms with van der Waals surface area (Å²) in [6.45, 7) is 2.11. The predicted octanol–water partition coefficient (Wildman–Crippen LogP) is 4.16. The molecule has 0 aliphatic heterocycles. The maximum absolute atomic E-state index is 2.39. The third-order valence-electron chi connectivity index (χ3n) is 1.68. The molecular formula is C11H13I. The summed E-state index contributed by atoms with van der Waals surface area (Å²) in [5.74, 6) is 0. The van der Waals surface area contributed by atoms with Gasteiger partial charge >= 0.3 is 0 Å².